The zero-order chi connectivity index (χ0) is 12.1. The molecule has 1 heterocycles. The Hall–Kier alpha value is -1.31. The molecule has 0 aliphatic rings. The molecule has 0 spiro atoms. The first kappa shape index (κ1) is 14.7. The van der Waals surface area contributed by atoms with Crippen molar-refractivity contribution in [3.8, 4) is 0 Å². The summed E-state index contributed by atoms with van der Waals surface area (Å²) in [5, 5.41) is 0.758. The minimum absolute atomic E-state index is 0. The van der Waals surface area contributed by atoms with Crippen LogP contribution in [0.25, 0.3) is 12.2 Å². The van der Waals surface area contributed by atoms with E-state index in [1.807, 2.05) is 48.7 Å². The van der Waals surface area contributed by atoms with E-state index >= 15 is 0 Å². The molecule has 0 amide bonds. The lowest BCUT2D eigenvalue weighted by molar-refractivity contribution is 1.10. The van der Waals surface area contributed by atoms with Gasteiger partial charge in [0.25, 0.3) is 0 Å². The molecule has 94 valence electrons. The molecule has 0 N–H and O–H groups in total. The standard InChI is InChI=1S/C15H14ClN.ClH/c1-2-12-7-9-14(17-11-12)10-8-13-5-3-4-6-15(13)16;/h3-11H,2H2,1H3;1H/b10-8+;. The average Bonchev–Trinajstić information content (AvgIpc) is 2.38. The van der Waals surface area contributed by atoms with E-state index in [9.17, 15) is 0 Å². The highest BCUT2D eigenvalue weighted by Crippen LogP contribution is 2.17. The topological polar surface area (TPSA) is 12.9 Å². The highest BCUT2D eigenvalue weighted by molar-refractivity contribution is 6.32. The molecular formula is C15H15Cl2N. The number of hydrogen-bond donors (Lipinski definition) is 0. The van der Waals surface area contributed by atoms with Gasteiger partial charge in [0.1, 0.15) is 0 Å². The first-order valence-electron chi connectivity index (χ1n) is 5.67. The maximum Gasteiger partial charge on any atom is 0.0630 e. The SMILES string of the molecule is CCc1ccc(/C=C/c2ccccc2Cl)nc1.Cl. The summed E-state index contributed by atoms with van der Waals surface area (Å²) in [5.41, 5.74) is 3.21. The Bertz CT molecular complexity index is 518. The fourth-order valence-corrected chi connectivity index (χ4v) is 1.73. The molecule has 0 saturated heterocycles. The average molecular weight is 280 g/mol. The third-order valence-corrected chi connectivity index (χ3v) is 2.94. The van der Waals surface area contributed by atoms with E-state index in [4.69, 9.17) is 11.6 Å². The Morgan fingerprint density at radius 1 is 1.11 bits per heavy atom. The van der Waals surface area contributed by atoms with E-state index in [0.717, 1.165) is 22.7 Å². The lowest BCUT2D eigenvalue weighted by Crippen LogP contribution is -1.84. The van der Waals surface area contributed by atoms with Crippen LogP contribution in [0.4, 0.5) is 0 Å². The van der Waals surface area contributed by atoms with E-state index in [2.05, 4.69) is 18.0 Å². The van der Waals surface area contributed by atoms with Gasteiger partial charge in [0.2, 0.25) is 0 Å². The van der Waals surface area contributed by atoms with Crippen LogP contribution < -0.4 is 0 Å². The molecule has 0 saturated carbocycles. The van der Waals surface area contributed by atoms with Gasteiger partial charge in [0.15, 0.2) is 0 Å². The molecule has 0 atom stereocenters. The fraction of sp³-hybridized carbons (Fsp3) is 0.133. The smallest absolute Gasteiger partial charge is 0.0630 e. The number of rotatable bonds is 3. The lowest BCUT2D eigenvalue weighted by Gasteiger charge is -1.98. The van der Waals surface area contributed by atoms with Crippen LogP contribution in [0, 0.1) is 0 Å². The molecule has 0 aliphatic carbocycles. The molecule has 0 bridgehead atoms. The molecule has 1 aromatic carbocycles. The minimum atomic E-state index is 0. The van der Waals surface area contributed by atoms with Crippen molar-refractivity contribution in [1.82, 2.24) is 4.98 Å². The van der Waals surface area contributed by atoms with Gasteiger partial charge in [0, 0.05) is 11.2 Å². The third-order valence-electron chi connectivity index (χ3n) is 2.59. The van der Waals surface area contributed by atoms with Gasteiger partial charge in [-0.15, -0.1) is 12.4 Å². The van der Waals surface area contributed by atoms with Gasteiger partial charge in [-0.05, 0) is 35.8 Å². The summed E-state index contributed by atoms with van der Waals surface area (Å²) in [5.74, 6) is 0. The molecule has 0 fully saturated rings. The van der Waals surface area contributed by atoms with E-state index in [-0.39, 0.29) is 12.4 Å². The molecule has 0 unspecified atom stereocenters. The maximum absolute atomic E-state index is 6.07. The largest absolute Gasteiger partial charge is 0.257 e. The van der Waals surface area contributed by atoms with E-state index in [0.29, 0.717) is 0 Å². The van der Waals surface area contributed by atoms with Crippen molar-refractivity contribution in [1.29, 1.82) is 0 Å². The summed E-state index contributed by atoms with van der Waals surface area (Å²) in [4.78, 5) is 4.36. The van der Waals surface area contributed by atoms with Crippen LogP contribution in [-0.2, 0) is 6.42 Å². The molecule has 1 aromatic heterocycles. The lowest BCUT2D eigenvalue weighted by atomic mass is 10.1. The number of halogens is 2. The van der Waals surface area contributed by atoms with Crippen molar-refractivity contribution < 1.29 is 0 Å². The van der Waals surface area contributed by atoms with Crippen molar-refractivity contribution in [2.75, 3.05) is 0 Å². The molecule has 18 heavy (non-hydrogen) atoms. The van der Waals surface area contributed by atoms with Crippen molar-refractivity contribution >= 4 is 36.2 Å². The number of aryl methyl sites for hydroxylation is 1. The summed E-state index contributed by atoms with van der Waals surface area (Å²) >= 11 is 6.07. The number of pyridine rings is 1. The molecule has 0 radical (unpaired) electrons. The van der Waals surface area contributed by atoms with Crippen LogP contribution in [0.2, 0.25) is 5.02 Å². The van der Waals surface area contributed by atoms with Crippen LogP contribution in [0.3, 0.4) is 0 Å². The summed E-state index contributed by atoms with van der Waals surface area (Å²) < 4.78 is 0. The Kier molecular flexibility index (Phi) is 5.90. The van der Waals surface area contributed by atoms with Crippen LogP contribution >= 0.6 is 24.0 Å². The van der Waals surface area contributed by atoms with Crippen molar-refractivity contribution in [3.63, 3.8) is 0 Å². The summed E-state index contributed by atoms with van der Waals surface area (Å²) in [7, 11) is 0. The van der Waals surface area contributed by atoms with Crippen LogP contribution in [0.1, 0.15) is 23.7 Å². The van der Waals surface area contributed by atoms with Gasteiger partial charge >= 0.3 is 0 Å². The zero-order valence-corrected chi connectivity index (χ0v) is 11.7. The third kappa shape index (κ3) is 3.86. The van der Waals surface area contributed by atoms with Crippen molar-refractivity contribution in [2.45, 2.75) is 13.3 Å². The first-order chi connectivity index (χ1) is 8.29. The first-order valence-corrected chi connectivity index (χ1v) is 6.05. The van der Waals surface area contributed by atoms with Gasteiger partial charge in [-0.1, -0.05) is 48.9 Å². The van der Waals surface area contributed by atoms with E-state index in [1.165, 1.54) is 5.56 Å². The Morgan fingerprint density at radius 2 is 1.89 bits per heavy atom. The monoisotopic (exact) mass is 279 g/mol. The number of aromatic nitrogens is 1. The Balaban J connectivity index is 0.00000162. The van der Waals surface area contributed by atoms with Crippen LogP contribution in [0.15, 0.2) is 42.6 Å². The Morgan fingerprint density at radius 3 is 2.50 bits per heavy atom. The molecule has 0 aliphatic heterocycles. The predicted molar refractivity (Wildman–Crippen MR) is 81.2 cm³/mol. The molecular weight excluding hydrogens is 265 g/mol. The van der Waals surface area contributed by atoms with Gasteiger partial charge in [0.05, 0.1) is 5.69 Å². The van der Waals surface area contributed by atoms with E-state index < -0.39 is 0 Å². The Labute approximate surface area is 119 Å². The van der Waals surface area contributed by atoms with Crippen LogP contribution in [0.5, 0.6) is 0 Å². The second-order valence-electron chi connectivity index (χ2n) is 3.80. The van der Waals surface area contributed by atoms with Gasteiger partial charge in [-0.25, -0.2) is 0 Å². The zero-order valence-electron chi connectivity index (χ0n) is 10.1. The fourth-order valence-electron chi connectivity index (χ4n) is 1.53. The normalized spacial score (nSPS) is 10.3. The molecule has 2 aromatic rings. The molecule has 1 nitrogen and oxygen atoms in total. The number of benzene rings is 1. The molecule has 3 heteroatoms. The van der Waals surface area contributed by atoms with Gasteiger partial charge in [-0.3, -0.25) is 4.98 Å². The summed E-state index contributed by atoms with van der Waals surface area (Å²) in [6.45, 7) is 2.12. The number of hydrogen-bond acceptors (Lipinski definition) is 1. The van der Waals surface area contributed by atoms with Crippen molar-refractivity contribution in [3.05, 3.63) is 64.4 Å². The van der Waals surface area contributed by atoms with Gasteiger partial charge < -0.3 is 0 Å². The maximum atomic E-state index is 6.07. The summed E-state index contributed by atoms with van der Waals surface area (Å²) in [6, 6.07) is 11.9. The highest BCUT2D eigenvalue weighted by atomic mass is 35.5. The second-order valence-corrected chi connectivity index (χ2v) is 4.21. The van der Waals surface area contributed by atoms with E-state index in [1.54, 1.807) is 0 Å². The predicted octanol–water partition coefficient (Wildman–Crippen LogP) is 4.89. The van der Waals surface area contributed by atoms with Crippen LogP contribution in [-0.4, -0.2) is 4.98 Å². The quantitative estimate of drug-likeness (QED) is 0.780. The van der Waals surface area contributed by atoms with Gasteiger partial charge in [-0.2, -0.15) is 0 Å². The highest BCUT2D eigenvalue weighted by Gasteiger charge is 1.94. The summed E-state index contributed by atoms with van der Waals surface area (Å²) in [6.07, 6.45) is 6.88. The molecule has 2 rings (SSSR count). The second kappa shape index (κ2) is 7.20. The van der Waals surface area contributed by atoms with Crippen molar-refractivity contribution in [2.24, 2.45) is 0 Å². The minimum Gasteiger partial charge on any atom is -0.257 e. The number of nitrogens with zero attached hydrogens (tertiary/aromatic N) is 1.